The van der Waals surface area contributed by atoms with Crippen molar-refractivity contribution >= 4 is 17.5 Å². The van der Waals surface area contributed by atoms with Crippen molar-refractivity contribution in [3.8, 4) is 0 Å². The van der Waals surface area contributed by atoms with Crippen LogP contribution in [0.5, 0.6) is 0 Å². The fourth-order valence-electron chi connectivity index (χ4n) is 1.88. The lowest BCUT2D eigenvalue weighted by molar-refractivity contribution is -0.116. The standard InChI is InChI=1S/C15H21N3O2/c1-16-9-3-6-14(19)17-13-5-2-4-11(10-13)15(20)18-12-7-8-12/h2,4-5,10,12,16H,3,6-9H2,1H3,(H,17,19)(H,18,20). The van der Waals surface area contributed by atoms with Crippen molar-refractivity contribution in [2.75, 3.05) is 18.9 Å². The molecule has 2 rings (SSSR count). The highest BCUT2D eigenvalue weighted by molar-refractivity contribution is 5.97. The van der Waals surface area contributed by atoms with Gasteiger partial charge in [0, 0.05) is 23.7 Å². The Labute approximate surface area is 119 Å². The zero-order valence-electron chi connectivity index (χ0n) is 11.7. The smallest absolute Gasteiger partial charge is 0.251 e. The predicted octanol–water partition coefficient (Wildman–Crippen LogP) is 1.52. The molecule has 0 bridgehead atoms. The maximum Gasteiger partial charge on any atom is 0.251 e. The Bertz CT molecular complexity index is 484. The van der Waals surface area contributed by atoms with Gasteiger partial charge in [-0.3, -0.25) is 9.59 Å². The van der Waals surface area contributed by atoms with E-state index in [-0.39, 0.29) is 11.8 Å². The van der Waals surface area contributed by atoms with Gasteiger partial charge in [0.15, 0.2) is 0 Å². The molecule has 0 heterocycles. The zero-order valence-corrected chi connectivity index (χ0v) is 11.7. The van der Waals surface area contributed by atoms with Crippen LogP contribution < -0.4 is 16.0 Å². The van der Waals surface area contributed by atoms with E-state index in [9.17, 15) is 9.59 Å². The third-order valence-electron chi connectivity index (χ3n) is 3.15. The predicted molar refractivity (Wildman–Crippen MR) is 78.7 cm³/mol. The third kappa shape index (κ3) is 4.66. The number of rotatable bonds is 7. The van der Waals surface area contributed by atoms with Crippen molar-refractivity contribution < 1.29 is 9.59 Å². The van der Waals surface area contributed by atoms with Gasteiger partial charge < -0.3 is 16.0 Å². The van der Waals surface area contributed by atoms with Crippen LogP contribution >= 0.6 is 0 Å². The van der Waals surface area contributed by atoms with Crippen molar-refractivity contribution in [3.63, 3.8) is 0 Å². The topological polar surface area (TPSA) is 70.2 Å². The Morgan fingerprint density at radius 1 is 1.30 bits per heavy atom. The lowest BCUT2D eigenvalue weighted by Crippen LogP contribution is -2.25. The molecule has 20 heavy (non-hydrogen) atoms. The van der Waals surface area contributed by atoms with Crippen molar-refractivity contribution in [2.24, 2.45) is 0 Å². The first kappa shape index (κ1) is 14.5. The first-order valence-corrected chi connectivity index (χ1v) is 7.04. The summed E-state index contributed by atoms with van der Waals surface area (Å²) >= 11 is 0. The van der Waals surface area contributed by atoms with Gasteiger partial charge in [-0.2, -0.15) is 0 Å². The maximum absolute atomic E-state index is 11.9. The molecule has 0 spiro atoms. The van der Waals surface area contributed by atoms with Crippen LogP contribution in [0.2, 0.25) is 0 Å². The van der Waals surface area contributed by atoms with Gasteiger partial charge in [0.2, 0.25) is 5.91 Å². The van der Waals surface area contributed by atoms with Gasteiger partial charge in [-0.15, -0.1) is 0 Å². The highest BCUT2D eigenvalue weighted by atomic mass is 16.2. The average molecular weight is 275 g/mol. The Morgan fingerprint density at radius 3 is 2.80 bits per heavy atom. The minimum absolute atomic E-state index is 0.0278. The molecule has 5 nitrogen and oxygen atoms in total. The van der Waals surface area contributed by atoms with Crippen LogP contribution in [-0.4, -0.2) is 31.4 Å². The van der Waals surface area contributed by atoms with Gasteiger partial charge >= 0.3 is 0 Å². The van der Waals surface area contributed by atoms with Gasteiger partial charge in [-0.05, 0) is 51.1 Å². The van der Waals surface area contributed by atoms with E-state index >= 15 is 0 Å². The molecular weight excluding hydrogens is 254 g/mol. The number of nitrogens with one attached hydrogen (secondary N) is 3. The molecule has 5 heteroatoms. The molecule has 0 unspecified atom stereocenters. The summed E-state index contributed by atoms with van der Waals surface area (Å²) in [4.78, 5) is 23.6. The van der Waals surface area contributed by atoms with Crippen LogP contribution in [0.3, 0.4) is 0 Å². The third-order valence-corrected chi connectivity index (χ3v) is 3.15. The minimum Gasteiger partial charge on any atom is -0.349 e. The van der Waals surface area contributed by atoms with E-state index in [0.717, 1.165) is 25.8 Å². The molecule has 0 aliphatic heterocycles. The van der Waals surface area contributed by atoms with Crippen LogP contribution in [0.25, 0.3) is 0 Å². The first-order valence-electron chi connectivity index (χ1n) is 7.04. The number of carbonyl (C=O) groups excluding carboxylic acids is 2. The summed E-state index contributed by atoms with van der Waals surface area (Å²) in [5, 5.41) is 8.75. The van der Waals surface area contributed by atoms with E-state index in [1.165, 1.54) is 0 Å². The van der Waals surface area contributed by atoms with Crippen LogP contribution in [0, 0.1) is 0 Å². The number of amides is 2. The van der Waals surface area contributed by atoms with Gasteiger partial charge in [0.25, 0.3) is 5.91 Å². The van der Waals surface area contributed by atoms with Crippen molar-refractivity contribution in [3.05, 3.63) is 29.8 Å². The number of anilines is 1. The summed E-state index contributed by atoms with van der Waals surface area (Å²) < 4.78 is 0. The fourth-order valence-corrected chi connectivity index (χ4v) is 1.88. The molecule has 1 aromatic rings. The highest BCUT2D eigenvalue weighted by Gasteiger charge is 2.23. The molecule has 1 aromatic carbocycles. The van der Waals surface area contributed by atoms with E-state index in [2.05, 4.69) is 16.0 Å². The summed E-state index contributed by atoms with van der Waals surface area (Å²) in [6.07, 6.45) is 3.39. The number of benzene rings is 1. The summed E-state index contributed by atoms with van der Waals surface area (Å²) in [7, 11) is 1.86. The van der Waals surface area contributed by atoms with Crippen LogP contribution in [0.4, 0.5) is 5.69 Å². The first-order chi connectivity index (χ1) is 9.69. The van der Waals surface area contributed by atoms with Crippen molar-refractivity contribution in [2.45, 2.75) is 31.7 Å². The molecule has 108 valence electrons. The second-order valence-electron chi connectivity index (χ2n) is 5.08. The Balaban J connectivity index is 1.88. The average Bonchev–Trinajstić information content (AvgIpc) is 3.23. The SMILES string of the molecule is CNCCCC(=O)Nc1cccc(C(=O)NC2CC2)c1. The Kier molecular flexibility index (Phi) is 5.12. The molecule has 2 amide bonds. The molecule has 3 N–H and O–H groups in total. The molecule has 0 radical (unpaired) electrons. The molecule has 1 saturated carbocycles. The molecule has 1 fully saturated rings. The lowest BCUT2D eigenvalue weighted by atomic mass is 10.2. The highest BCUT2D eigenvalue weighted by Crippen LogP contribution is 2.20. The van der Waals surface area contributed by atoms with E-state index in [1.54, 1.807) is 24.3 Å². The molecule has 0 saturated heterocycles. The van der Waals surface area contributed by atoms with Crippen molar-refractivity contribution in [1.82, 2.24) is 10.6 Å². The van der Waals surface area contributed by atoms with Gasteiger partial charge in [-0.25, -0.2) is 0 Å². The lowest BCUT2D eigenvalue weighted by Gasteiger charge is -2.08. The number of hydrogen-bond acceptors (Lipinski definition) is 3. The summed E-state index contributed by atoms with van der Waals surface area (Å²) in [6, 6.07) is 7.39. The molecule has 0 aromatic heterocycles. The molecular formula is C15H21N3O2. The van der Waals surface area contributed by atoms with Gasteiger partial charge in [-0.1, -0.05) is 6.07 Å². The van der Waals surface area contributed by atoms with Gasteiger partial charge in [0.1, 0.15) is 0 Å². The van der Waals surface area contributed by atoms with Crippen molar-refractivity contribution in [1.29, 1.82) is 0 Å². The number of carbonyl (C=O) groups is 2. The van der Waals surface area contributed by atoms with Gasteiger partial charge in [0.05, 0.1) is 0 Å². The Morgan fingerprint density at radius 2 is 2.10 bits per heavy atom. The summed E-state index contributed by atoms with van der Waals surface area (Å²) in [6.45, 7) is 0.817. The Hall–Kier alpha value is -1.88. The van der Waals surface area contributed by atoms with Crippen LogP contribution in [-0.2, 0) is 4.79 Å². The molecule has 1 aliphatic rings. The normalized spacial score (nSPS) is 13.8. The van der Waals surface area contributed by atoms with Crippen LogP contribution in [0.15, 0.2) is 24.3 Å². The maximum atomic E-state index is 11.9. The molecule has 1 aliphatic carbocycles. The van der Waals surface area contributed by atoms with E-state index < -0.39 is 0 Å². The largest absolute Gasteiger partial charge is 0.349 e. The zero-order chi connectivity index (χ0) is 14.4. The van der Waals surface area contributed by atoms with Crippen LogP contribution in [0.1, 0.15) is 36.0 Å². The summed E-state index contributed by atoms with van der Waals surface area (Å²) in [5.41, 5.74) is 1.26. The monoisotopic (exact) mass is 275 g/mol. The number of hydrogen-bond donors (Lipinski definition) is 3. The molecule has 0 atom stereocenters. The second kappa shape index (κ2) is 7.05. The summed E-state index contributed by atoms with van der Waals surface area (Å²) in [5.74, 6) is -0.0983. The fraction of sp³-hybridized carbons (Fsp3) is 0.467. The van der Waals surface area contributed by atoms with E-state index in [0.29, 0.717) is 23.7 Å². The second-order valence-corrected chi connectivity index (χ2v) is 5.08. The quantitative estimate of drug-likeness (QED) is 0.661. The minimum atomic E-state index is -0.0706. The van der Waals surface area contributed by atoms with E-state index in [1.807, 2.05) is 7.05 Å². The van der Waals surface area contributed by atoms with E-state index in [4.69, 9.17) is 0 Å².